The molecule has 6 aromatic heterocycles. The van der Waals surface area contributed by atoms with Crippen LogP contribution >= 0.6 is 0 Å². The molecule has 14 heterocycles. The second kappa shape index (κ2) is 25.3. The van der Waals surface area contributed by atoms with Crippen LogP contribution in [0.1, 0.15) is 78.6 Å². The van der Waals surface area contributed by atoms with E-state index in [2.05, 4.69) is 194 Å². The lowest BCUT2D eigenvalue weighted by molar-refractivity contribution is -0.00561. The van der Waals surface area contributed by atoms with Gasteiger partial charge in [0.25, 0.3) is 0 Å². The van der Waals surface area contributed by atoms with Crippen LogP contribution in [0.3, 0.4) is 0 Å². The van der Waals surface area contributed by atoms with Crippen molar-refractivity contribution < 1.29 is 4.39 Å². The molecule has 18 heteroatoms. The minimum Gasteiger partial charge on any atom is -0.371 e. The van der Waals surface area contributed by atoms with Crippen LogP contribution < -0.4 is 15.1 Å². The smallest absolute Gasteiger partial charge is 0.185 e. The summed E-state index contributed by atoms with van der Waals surface area (Å²) in [5.74, 6) is 3.33. The number of nitriles is 2. The number of hydrogen-bond acceptors (Lipinski definition) is 11. The van der Waals surface area contributed by atoms with Gasteiger partial charge < -0.3 is 33.7 Å². The normalized spacial score (nSPS) is 17.3. The van der Waals surface area contributed by atoms with E-state index in [-0.39, 0.29) is 5.82 Å². The number of piperidine rings is 1. The first kappa shape index (κ1) is 63.3. The number of nitrogens with zero attached hydrogens (tertiary/aromatic N) is 16. The molecule has 5 fully saturated rings. The maximum atomic E-state index is 13.5. The molecule has 17 nitrogen and oxygen atoms in total. The van der Waals surface area contributed by atoms with Gasteiger partial charge in [-0.1, -0.05) is 48.5 Å². The van der Waals surface area contributed by atoms with Gasteiger partial charge in [-0.2, -0.15) is 10.5 Å². The van der Waals surface area contributed by atoms with Gasteiger partial charge in [0.15, 0.2) is 17.5 Å². The molecule has 1 N–H and O–H groups in total. The highest BCUT2D eigenvalue weighted by atomic mass is 19.1. The average Bonchev–Trinajstić information content (AvgIpc) is 1.60. The van der Waals surface area contributed by atoms with Crippen LogP contribution in [0.25, 0.3) is 85.0 Å². The van der Waals surface area contributed by atoms with Gasteiger partial charge in [-0.25, -0.2) is 14.4 Å². The summed E-state index contributed by atoms with van der Waals surface area (Å²) < 4.78 is 27.0. The number of aromatic nitrogens is 10. The zero-order valence-electron chi connectivity index (χ0n) is 58.3. The third-order valence-corrected chi connectivity index (χ3v) is 23.0. The first-order valence-corrected chi connectivity index (χ1v) is 36.2. The van der Waals surface area contributed by atoms with Crippen molar-refractivity contribution in [1.29, 1.82) is 10.5 Å². The molecule has 6 aromatic carbocycles. The maximum absolute atomic E-state index is 13.5. The van der Waals surface area contributed by atoms with Crippen LogP contribution in [-0.4, -0.2) is 136 Å². The van der Waals surface area contributed by atoms with Gasteiger partial charge in [0.2, 0.25) is 0 Å². The number of hydrogen-bond donors (Lipinski definition) is 1. The average molecular weight is 1350 g/mol. The minimum absolute atomic E-state index is 0.214. The fourth-order valence-corrected chi connectivity index (χ4v) is 17.7. The molecule has 20 rings (SSSR count). The van der Waals surface area contributed by atoms with Gasteiger partial charge >= 0.3 is 0 Å². The molecule has 5 saturated heterocycles. The number of halogens is 1. The number of imidazole rings is 2. The third kappa shape index (κ3) is 11.5. The lowest BCUT2D eigenvalue weighted by Gasteiger charge is -2.50. The SMILES string of the molecule is CC(C)N1CC2(CCN(c3ccc4c(c3)Cn3cc(-c5ccc(F)cc5)cc3-c3nccn3-4)C2)C1.CN1CC2(CCN(c3ccc4c(c3)Cn3cc(-c5ccc(C#N)cc5)cc3-c3nncn3-4)C2)C1.Cc1cnc2n1-c1ccc(CC3CCNCC3)cc1Cn1cc(-c3ccc(C#N)cc3)cc1-2. The van der Waals surface area contributed by atoms with Crippen molar-refractivity contribution in [3.05, 3.63) is 234 Å². The largest absolute Gasteiger partial charge is 0.371 e. The monoisotopic (exact) mass is 1350 g/mol. The van der Waals surface area contributed by atoms with Gasteiger partial charge in [-0.05, 0) is 215 Å². The molecule has 0 radical (unpaired) electrons. The van der Waals surface area contributed by atoms with Crippen LogP contribution in [0.15, 0.2) is 189 Å². The highest BCUT2D eigenvalue weighted by Gasteiger charge is 2.49. The van der Waals surface area contributed by atoms with E-state index in [4.69, 9.17) is 20.5 Å². The zero-order valence-corrected chi connectivity index (χ0v) is 58.3. The number of aryl methyl sites for hydroxylation is 1. The fourth-order valence-electron chi connectivity index (χ4n) is 17.7. The van der Waals surface area contributed by atoms with Crippen LogP contribution in [0, 0.1) is 52.2 Å². The lowest BCUT2D eigenvalue weighted by atomic mass is 9.78. The van der Waals surface area contributed by atoms with E-state index >= 15 is 0 Å². The molecular weight excluding hydrogens is 1270 g/mol. The standard InChI is InChI=1S/C29H30FN5.C28H27N5.C27H25N7/c1-20(2)34-18-29(19-34)9-11-32(17-29)25-7-8-26-23(13-25)16-33-15-22(21-3-5-24(30)6-4-21)14-27(33)28-31-10-12-35(26)28;1-19-16-31-28-27-14-24(23-5-2-21(15-29)3-6-23)17-32(27)18-25-13-22(4-7-26(25)33(19)28)12-20-8-10-30-11-9-20;1-31-15-27(16-31)8-9-32(17-27)23-6-7-24-22(10-23)14-33-13-21(20-4-2-19(12-28)3-5-20)11-25(33)26-30-29-18-34(24)26/h3-8,10,12-15,20H,9,11,16-19H2,1-2H3;2-7,13-14,16-17,20,30H,8-12,18H2,1H3;2-7,10-11,13,18H,8-9,14-17H2,1H3. The number of rotatable bonds is 8. The van der Waals surface area contributed by atoms with Crippen LogP contribution in [0.2, 0.25) is 0 Å². The summed E-state index contributed by atoms with van der Waals surface area (Å²) in [6, 6.07) is 54.6. The predicted octanol–water partition coefficient (Wildman–Crippen LogP) is 14.3. The van der Waals surface area contributed by atoms with Crippen molar-refractivity contribution in [2.24, 2.45) is 16.7 Å². The summed E-state index contributed by atoms with van der Waals surface area (Å²) in [4.78, 5) is 19.7. The van der Waals surface area contributed by atoms with E-state index in [1.165, 1.54) is 109 Å². The van der Waals surface area contributed by atoms with Gasteiger partial charge in [-0.3, -0.25) is 18.6 Å². The summed E-state index contributed by atoms with van der Waals surface area (Å²) in [5, 5.41) is 30.4. The summed E-state index contributed by atoms with van der Waals surface area (Å²) in [7, 11) is 2.22. The number of benzene rings is 6. The molecule has 2 spiro atoms. The van der Waals surface area contributed by atoms with Crippen molar-refractivity contribution in [2.75, 3.05) is 82.3 Å². The molecule has 8 aliphatic heterocycles. The number of anilines is 2. The van der Waals surface area contributed by atoms with E-state index in [0.29, 0.717) is 28.0 Å². The number of fused-ring (bicyclic) bond motifs is 15. The van der Waals surface area contributed by atoms with E-state index in [0.717, 1.165) is 151 Å². The first-order chi connectivity index (χ1) is 49.8. The molecular formula is C84H82FN17. The van der Waals surface area contributed by atoms with Crippen molar-refractivity contribution in [3.8, 4) is 97.1 Å². The van der Waals surface area contributed by atoms with Crippen LogP contribution in [-0.2, 0) is 26.1 Å². The Balaban J connectivity index is 0.000000110. The van der Waals surface area contributed by atoms with Gasteiger partial charge in [0.05, 0.1) is 57.4 Å². The second-order valence-corrected chi connectivity index (χ2v) is 30.3. The quantitative estimate of drug-likeness (QED) is 0.155. The van der Waals surface area contributed by atoms with Crippen LogP contribution in [0.4, 0.5) is 15.8 Å². The Hall–Kier alpha value is -10.9. The molecule has 0 amide bonds. The Labute approximate surface area is 594 Å². The first-order valence-electron chi connectivity index (χ1n) is 36.2. The van der Waals surface area contributed by atoms with Crippen LogP contribution in [0.5, 0.6) is 0 Å². The summed E-state index contributed by atoms with van der Waals surface area (Å²) in [6.07, 6.45) is 20.5. The fraction of sp³-hybridized carbons (Fsp3) is 0.310. The highest BCUT2D eigenvalue weighted by Crippen LogP contribution is 2.46. The summed E-state index contributed by atoms with van der Waals surface area (Å²) >= 11 is 0. The Morgan fingerprint density at radius 1 is 0.559 bits per heavy atom. The van der Waals surface area contributed by atoms with E-state index in [9.17, 15) is 4.39 Å². The second-order valence-electron chi connectivity index (χ2n) is 30.3. The minimum atomic E-state index is -0.214. The van der Waals surface area contributed by atoms with Crippen molar-refractivity contribution in [3.63, 3.8) is 0 Å². The Morgan fingerprint density at radius 3 is 1.64 bits per heavy atom. The molecule has 0 bridgehead atoms. The van der Waals surface area contributed by atoms with Crippen molar-refractivity contribution in [1.82, 2.24) is 62.7 Å². The zero-order chi connectivity index (χ0) is 69.0. The number of likely N-dealkylation sites (tertiary alicyclic amines) is 2. The molecule has 0 aliphatic carbocycles. The maximum Gasteiger partial charge on any atom is 0.185 e. The Morgan fingerprint density at radius 2 is 1.08 bits per heavy atom. The molecule has 12 aromatic rings. The third-order valence-electron chi connectivity index (χ3n) is 23.0. The molecule has 0 unspecified atom stereocenters. The van der Waals surface area contributed by atoms with Gasteiger partial charge in [0, 0.05) is 160 Å². The number of nitrogens with one attached hydrogen (secondary N) is 1. The van der Waals surface area contributed by atoms with E-state index < -0.39 is 0 Å². The molecule has 0 saturated carbocycles. The van der Waals surface area contributed by atoms with E-state index in [1.807, 2.05) is 85.6 Å². The van der Waals surface area contributed by atoms with Crippen molar-refractivity contribution >= 4 is 11.4 Å². The molecule has 8 aliphatic rings. The van der Waals surface area contributed by atoms with Gasteiger partial charge in [0.1, 0.15) is 12.1 Å². The predicted molar refractivity (Wildman–Crippen MR) is 399 cm³/mol. The van der Waals surface area contributed by atoms with Crippen molar-refractivity contribution in [2.45, 2.75) is 78.6 Å². The lowest BCUT2D eigenvalue weighted by Crippen LogP contribution is -2.59. The Kier molecular flexibility index (Phi) is 15.7. The van der Waals surface area contributed by atoms with Gasteiger partial charge in [-0.15, -0.1) is 10.2 Å². The molecule has 102 heavy (non-hydrogen) atoms. The molecule has 510 valence electrons. The summed E-state index contributed by atoms with van der Waals surface area (Å²) in [6.45, 7) is 20.8. The summed E-state index contributed by atoms with van der Waals surface area (Å²) in [5.41, 5.74) is 24.8. The highest BCUT2D eigenvalue weighted by molar-refractivity contribution is 5.76. The molecule has 0 atom stereocenters. The topological polar surface area (TPSA) is 154 Å². The van der Waals surface area contributed by atoms with E-state index in [1.54, 1.807) is 0 Å². The Bertz CT molecular complexity index is 5250.